The molecule has 5 aliphatic rings. The standard InChI is InChI=1S/C28H42O7/c1-7-15(2)24(32)34-21-22-25(5)11-9-19(31)14-18(25)8-12-27(22)28(35-27)13-10-20(16(3)29)26(28,6)23(21)33-17(4)30/h15,18-23,31H,7-14H2,1-6H3. The van der Waals surface area contributed by atoms with E-state index in [-0.39, 0.29) is 46.9 Å². The van der Waals surface area contributed by atoms with E-state index >= 15 is 0 Å². The quantitative estimate of drug-likeness (QED) is 0.459. The number of epoxide rings is 1. The Kier molecular flexibility index (Phi) is 5.77. The number of carbonyl (C=O) groups excluding carboxylic acids is 3. The molecule has 1 heterocycles. The maximum absolute atomic E-state index is 13.3. The second kappa shape index (κ2) is 8.01. The molecule has 7 heteroatoms. The first kappa shape index (κ1) is 25.2. The lowest BCUT2D eigenvalue weighted by Gasteiger charge is -2.61. The monoisotopic (exact) mass is 490 g/mol. The zero-order valence-corrected chi connectivity index (χ0v) is 22.1. The normalized spacial score (nSPS) is 50.6. The summed E-state index contributed by atoms with van der Waals surface area (Å²) in [7, 11) is 0. The molecular weight excluding hydrogens is 448 g/mol. The summed E-state index contributed by atoms with van der Waals surface area (Å²) in [6.07, 6.45) is 4.31. The summed E-state index contributed by atoms with van der Waals surface area (Å²) in [4.78, 5) is 38.7. The molecule has 1 N–H and O–H groups in total. The summed E-state index contributed by atoms with van der Waals surface area (Å²) in [5, 5.41) is 10.5. The van der Waals surface area contributed by atoms with Crippen molar-refractivity contribution in [3.8, 4) is 0 Å². The zero-order valence-electron chi connectivity index (χ0n) is 22.1. The Bertz CT molecular complexity index is 932. The van der Waals surface area contributed by atoms with Crippen molar-refractivity contribution in [1.82, 2.24) is 0 Å². The molecule has 5 fully saturated rings. The van der Waals surface area contributed by atoms with E-state index in [1.807, 2.05) is 20.8 Å². The van der Waals surface area contributed by atoms with Crippen LogP contribution in [0, 0.1) is 34.5 Å². The Morgan fingerprint density at radius 1 is 1.06 bits per heavy atom. The molecule has 11 unspecified atom stereocenters. The van der Waals surface area contributed by atoms with Gasteiger partial charge in [-0.25, -0.2) is 0 Å². The lowest BCUT2D eigenvalue weighted by Crippen LogP contribution is -2.70. The van der Waals surface area contributed by atoms with Crippen LogP contribution in [0.2, 0.25) is 0 Å². The van der Waals surface area contributed by atoms with Gasteiger partial charge in [-0.3, -0.25) is 14.4 Å². The molecule has 0 radical (unpaired) electrons. The van der Waals surface area contributed by atoms with E-state index in [0.29, 0.717) is 19.3 Å². The third kappa shape index (κ3) is 3.12. The molecule has 4 aliphatic carbocycles. The minimum absolute atomic E-state index is 0.0679. The Labute approximate surface area is 208 Å². The summed E-state index contributed by atoms with van der Waals surface area (Å²) in [6, 6.07) is 0. The van der Waals surface area contributed by atoms with Crippen LogP contribution in [0.4, 0.5) is 0 Å². The number of ketones is 1. The number of hydrogen-bond donors (Lipinski definition) is 1. The number of hydrogen-bond acceptors (Lipinski definition) is 7. The van der Waals surface area contributed by atoms with Crippen molar-refractivity contribution in [1.29, 1.82) is 0 Å². The molecule has 0 bridgehead atoms. The van der Waals surface area contributed by atoms with E-state index in [4.69, 9.17) is 14.2 Å². The average Bonchev–Trinajstić information content (AvgIpc) is 3.34. The largest absolute Gasteiger partial charge is 0.458 e. The molecule has 4 saturated carbocycles. The van der Waals surface area contributed by atoms with Crippen molar-refractivity contribution < 1.29 is 33.7 Å². The van der Waals surface area contributed by atoms with Gasteiger partial charge in [-0.15, -0.1) is 0 Å². The minimum Gasteiger partial charge on any atom is -0.458 e. The predicted molar refractivity (Wildman–Crippen MR) is 127 cm³/mol. The SMILES string of the molecule is CCC(C)C(=O)OC1C2C3(C)CCC(O)CC3CCC23OC32CCC(C(C)=O)C2(C)C1OC(C)=O. The van der Waals surface area contributed by atoms with Crippen LogP contribution < -0.4 is 0 Å². The first-order chi connectivity index (χ1) is 16.4. The van der Waals surface area contributed by atoms with Crippen molar-refractivity contribution in [3.05, 3.63) is 0 Å². The fourth-order valence-corrected chi connectivity index (χ4v) is 9.34. The highest BCUT2D eigenvalue weighted by atomic mass is 16.7. The van der Waals surface area contributed by atoms with Gasteiger partial charge in [-0.2, -0.15) is 0 Å². The molecule has 1 aliphatic heterocycles. The molecule has 35 heavy (non-hydrogen) atoms. The summed E-state index contributed by atoms with van der Waals surface area (Å²) in [6.45, 7) is 11.1. The van der Waals surface area contributed by atoms with Crippen LogP contribution in [0.1, 0.15) is 92.9 Å². The average molecular weight is 491 g/mol. The first-order valence-corrected chi connectivity index (χ1v) is 13.6. The van der Waals surface area contributed by atoms with Crippen LogP contribution >= 0.6 is 0 Å². The van der Waals surface area contributed by atoms with Gasteiger partial charge in [0.05, 0.1) is 12.0 Å². The van der Waals surface area contributed by atoms with Crippen molar-refractivity contribution in [3.63, 3.8) is 0 Å². The number of carbonyl (C=O) groups is 3. The van der Waals surface area contributed by atoms with Crippen LogP contribution in [0.5, 0.6) is 0 Å². The van der Waals surface area contributed by atoms with Crippen molar-refractivity contribution >= 4 is 17.7 Å². The van der Waals surface area contributed by atoms with Crippen LogP contribution in [0.15, 0.2) is 0 Å². The van der Waals surface area contributed by atoms with E-state index in [2.05, 4.69) is 6.92 Å². The summed E-state index contributed by atoms with van der Waals surface area (Å²) >= 11 is 0. The maximum atomic E-state index is 13.3. The van der Waals surface area contributed by atoms with Gasteiger partial charge in [-0.05, 0) is 69.6 Å². The summed E-state index contributed by atoms with van der Waals surface area (Å²) < 4.78 is 19.4. The fraction of sp³-hybridized carbons (Fsp3) is 0.893. The summed E-state index contributed by atoms with van der Waals surface area (Å²) in [5.41, 5.74) is -2.06. The van der Waals surface area contributed by atoms with E-state index in [0.717, 1.165) is 32.1 Å². The molecule has 11 atom stereocenters. The van der Waals surface area contributed by atoms with Crippen LogP contribution in [0.25, 0.3) is 0 Å². The molecule has 0 aromatic heterocycles. The third-order valence-electron chi connectivity index (χ3n) is 11.2. The molecular formula is C28H42O7. The Morgan fingerprint density at radius 2 is 1.77 bits per heavy atom. The Hall–Kier alpha value is -1.47. The van der Waals surface area contributed by atoms with Gasteiger partial charge in [0.15, 0.2) is 0 Å². The van der Waals surface area contributed by atoms with Crippen LogP contribution in [-0.4, -0.2) is 52.3 Å². The van der Waals surface area contributed by atoms with E-state index in [9.17, 15) is 19.5 Å². The minimum atomic E-state index is -0.765. The Morgan fingerprint density at radius 3 is 2.40 bits per heavy atom. The highest BCUT2D eigenvalue weighted by Crippen LogP contribution is 2.81. The number of fused-ring (bicyclic) bond motifs is 2. The first-order valence-electron chi connectivity index (χ1n) is 13.6. The van der Waals surface area contributed by atoms with Gasteiger partial charge in [-0.1, -0.05) is 27.7 Å². The molecule has 1 saturated heterocycles. The van der Waals surface area contributed by atoms with Gasteiger partial charge < -0.3 is 19.3 Å². The topological polar surface area (TPSA) is 102 Å². The maximum Gasteiger partial charge on any atom is 0.309 e. The molecule has 0 aromatic carbocycles. The Balaban J connectivity index is 1.68. The van der Waals surface area contributed by atoms with Crippen molar-refractivity contribution in [2.75, 3.05) is 0 Å². The van der Waals surface area contributed by atoms with Crippen molar-refractivity contribution in [2.24, 2.45) is 34.5 Å². The number of ether oxygens (including phenoxy) is 3. The molecule has 0 aromatic rings. The number of esters is 2. The van der Waals surface area contributed by atoms with Crippen LogP contribution in [0.3, 0.4) is 0 Å². The highest BCUT2D eigenvalue weighted by Gasteiger charge is 2.91. The smallest absolute Gasteiger partial charge is 0.309 e. The highest BCUT2D eigenvalue weighted by molar-refractivity contribution is 5.81. The predicted octanol–water partition coefficient (Wildman–Crippen LogP) is 3.98. The lowest BCUT2D eigenvalue weighted by atomic mass is 9.43. The van der Waals surface area contributed by atoms with Crippen LogP contribution in [-0.2, 0) is 28.6 Å². The van der Waals surface area contributed by atoms with E-state index < -0.39 is 34.8 Å². The zero-order chi connectivity index (χ0) is 25.6. The molecule has 2 spiro atoms. The molecule has 7 nitrogen and oxygen atoms in total. The van der Waals surface area contributed by atoms with Gasteiger partial charge in [0.2, 0.25) is 0 Å². The van der Waals surface area contributed by atoms with Crippen molar-refractivity contribution in [2.45, 2.75) is 122 Å². The van der Waals surface area contributed by atoms with Gasteiger partial charge in [0, 0.05) is 24.2 Å². The molecule has 0 amide bonds. The second-order valence-electron chi connectivity index (χ2n) is 12.7. The summed E-state index contributed by atoms with van der Waals surface area (Å²) in [5.74, 6) is -1.14. The van der Waals surface area contributed by atoms with E-state index in [1.54, 1.807) is 6.92 Å². The number of aliphatic hydroxyl groups is 1. The molecule has 196 valence electrons. The second-order valence-corrected chi connectivity index (χ2v) is 12.7. The molecule has 5 rings (SSSR count). The fourth-order valence-electron chi connectivity index (χ4n) is 9.34. The number of aliphatic hydroxyl groups excluding tert-OH is 1. The van der Waals surface area contributed by atoms with Gasteiger partial charge >= 0.3 is 11.9 Å². The third-order valence-corrected chi connectivity index (χ3v) is 11.2. The number of rotatable bonds is 5. The number of Topliss-reactive ketones (excluding diaryl/α,β-unsaturated/α-hetero) is 1. The van der Waals surface area contributed by atoms with Gasteiger partial charge in [0.25, 0.3) is 0 Å². The lowest BCUT2D eigenvalue weighted by molar-refractivity contribution is -0.226. The van der Waals surface area contributed by atoms with E-state index in [1.165, 1.54) is 6.92 Å². The van der Waals surface area contributed by atoms with Gasteiger partial charge in [0.1, 0.15) is 29.2 Å².